The third kappa shape index (κ3) is 9.35. The van der Waals surface area contributed by atoms with Crippen molar-refractivity contribution in [3.63, 3.8) is 0 Å². The van der Waals surface area contributed by atoms with E-state index in [1.54, 1.807) is 21.3 Å². The van der Waals surface area contributed by atoms with Gasteiger partial charge in [0.1, 0.15) is 0 Å². The summed E-state index contributed by atoms with van der Waals surface area (Å²) >= 11 is 0. The number of fused-ring (bicyclic) bond motifs is 1. The van der Waals surface area contributed by atoms with Crippen molar-refractivity contribution in [1.82, 2.24) is 0 Å². The van der Waals surface area contributed by atoms with E-state index in [4.69, 9.17) is 37.0 Å². The molecule has 0 aromatic carbocycles. The zero-order valence-electron chi connectivity index (χ0n) is 23.5. The second-order valence-corrected chi connectivity index (χ2v) is 15.5. The molecule has 2 aliphatic rings. The molecule has 0 amide bonds. The number of aliphatic hydroxyl groups is 2. The van der Waals surface area contributed by atoms with Crippen LogP contribution in [-0.4, -0.2) is 101 Å². The van der Waals surface area contributed by atoms with E-state index in [0.717, 1.165) is 18.4 Å². The lowest BCUT2D eigenvalue weighted by atomic mass is 9.88. The maximum absolute atomic E-state index is 9.46. The molecular formula is C24H53NO9Si2. The van der Waals surface area contributed by atoms with E-state index in [0.29, 0.717) is 57.8 Å². The van der Waals surface area contributed by atoms with Crippen molar-refractivity contribution in [3.05, 3.63) is 0 Å². The lowest BCUT2D eigenvalue weighted by Gasteiger charge is -2.45. The Morgan fingerprint density at radius 1 is 0.833 bits per heavy atom. The zero-order valence-corrected chi connectivity index (χ0v) is 25.5. The zero-order chi connectivity index (χ0) is 27.1. The lowest BCUT2D eigenvalue weighted by Crippen LogP contribution is -2.58. The number of epoxide rings is 1. The first-order chi connectivity index (χ1) is 17.3. The highest BCUT2D eigenvalue weighted by Crippen LogP contribution is 2.49. The van der Waals surface area contributed by atoms with Crippen molar-refractivity contribution in [2.75, 3.05) is 60.9 Å². The van der Waals surface area contributed by atoms with Crippen LogP contribution in [0.25, 0.3) is 0 Å². The molecule has 2 rings (SSSR count). The first-order valence-electron chi connectivity index (χ1n) is 13.5. The van der Waals surface area contributed by atoms with Gasteiger partial charge in [-0.25, -0.2) is 0 Å². The van der Waals surface area contributed by atoms with E-state index in [1.165, 1.54) is 19.3 Å². The predicted octanol–water partition coefficient (Wildman–Crippen LogP) is 2.71. The highest BCUT2D eigenvalue weighted by atomic mass is 28.4. The fourth-order valence-corrected chi connectivity index (χ4v) is 10.8. The van der Waals surface area contributed by atoms with E-state index >= 15 is 0 Å². The van der Waals surface area contributed by atoms with Gasteiger partial charge in [0.2, 0.25) is 0 Å². The summed E-state index contributed by atoms with van der Waals surface area (Å²) in [5.41, 5.74) is 5.75. The maximum atomic E-state index is 9.46. The van der Waals surface area contributed by atoms with Gasteiger partial charge in [-0.3, -0.25) is 0 Å². The van der Waals surface area contributed by atoms with Gasteiger partial charge in [0.05, 0.1) is 12.2 Å². The molecule has 2 fully saturated rings. The summed E-state index contributed by atoms with van der Waals surface area (Å²) in [6, 6.07) is 0.915. The van der Waals surface area contributed by atoms with Crippen LogP contribution in [0.3, 0.4) is 0 Å². The molecule has 0 bridgehead atoms. The normalized spacial score (nSPS) is 22.1. The third-order valence-corrected chi connectivity index (χ3v) is 14.2. The molecule has 12 heteroatoms. The second-order valence-electron chi connectivity index (χ2n) is 9.35. The summed E-state index contributed by atoms with van der Waals surface area (Å²) < 4.78 is 39.7. The Kier molecular flexibility index (Phi) is 16.6. The SMILES string of the molecule is CCO[Si](OCC)(OCC)C(CCN)(CCO)CCO.CO[Si](CCC1CCC2OC2C1)(OC)OC. The fourth-order valence-electron chi connectivity index (χ4n) is 5.38. The van der Waals surface area contributed by atoms with Crippen molar-refractivity contribution in [3.8, 4) is 0 Å². The Balaban J connectivity index is 0.000000367. The van der Waals surface area contributed by atoms with Gasteiger partial charge in [-0.1, -0.05) is 0 Å². The third-order valence-electron chi connectivity index (χ3n) is 7.36. The molecule has 1 aliphatic carbocycles. The molecule has 0 aromatic heterocycles. The quantitative estimate of drug-likeness (QED) is 0.161. The summed E-state index contributed by atoms with van der Waals surface area (Å²) in [7, 11) is -0.347. The largest absolute Gasteiger partial charge is 0.507 e. The van der Waals surface area contributed by atoms with Crippen LogP contribution in [0.5, 0.6) is 0 Å². The van der Waals surface area contributed by atoms with E-state index in [9.17, 15) is 10.2 Å². The van der Waals surface area contributed by atoms with Crippen LogP contribution in [0.15, 0.2) is 0 Å². The topological polar surface area (TPSA) is 134 Å². The van der Waals surface area contributed by atoms with Gasteiger partial charge in [-0.05, 0) is 78.2 Å². The van der Waals surface area contributed by atoms with Crippen LogP contribution < -0.4 is 5.73 Å². The van der Waals surface area contributed by atoms with Crippen molar-refractivity contribution >= 4 is 17.6 Å². The smallest absolute Gasteiger partial charge is 0.396 e. The maximum Gasteiger partial charge on any atom is 0.507 e. The summed E-state index contributed by atoms with van der Waals surface area (Å²) in [5.74, 6) is 0.760. The second kappa shape index (κ2) is 17.6. The van der Waals surface area contributed by atoms with E-state index in [-0.39, 0.29) is 13.2 Å². The summed E-state index contributed by atoms with van der Waals surface area (Å²) in [5, 5.41) is 18.4. The Morgan fingerprint density at radius 2 is 1.36 bits per heavy atom. The van der Waals surface area contributed by atoms with Gasteiger partial charge in [0.15, 0.2) is 0 Å². The average Bonchev–Trinajstić information content (AvgIpc) is 3.65. The Morgan fingerprint density at radius 3 is 1.75 bits per heavy atom. The van der Waals surface area contributed by atoms with E-state index in [2.05, 4.69) is 0 Å². The average molecular weight is 556 g/mol. The summed E-state index contributed by atoms with van der Waals surface area (Å²) in [4.78, 5) is 0. The van der Waals surface area contributed by atoms with Crippen LogP contribution in [0.2, 0.25) is 11.1 Å². The number of aliphatic hydroxyl groups excluding tert-OH is 2. The van der Waals surface area contributed by atoms with Crippen molar-refractivity contribution in [2.45, 2.75) is 89.0 Å². The molecule has 216 valence electrons. The summed E-state index contributed by atoms with van der Waals surface area (Å²) in [6.45, 7) is 7.49. The van der Waals surface area contributed by atoms with Crippen molar-refractivity contribution in [1.29, 1.82) is 0 Å². The molecule has 1 aliphatic heterocycles. The van der Waals surface area contributed by atoms with Gasteiger partial charge < -0.3 is 47.2 Å². The lowest BCUT2D eigenvalue weighted by molar-refractivity contribution is 0.0284. The standard InChI is InChI=1S/C13H31NO5Si.C11H22O4Si/c1-4-17-20(18-5-2,19-6-3)13(7-10-14,8-11-15)9-12-16;1-12-16(13-2,14-3)7-6-9-4-5-10-11(8-9)15-10/h15-16H,4-12,14H2,1-3H3;9-11H,4-8H2,1-3H3. The molecule has 1 saturated heterocycles. The minimum atomic E-state index is -3.04. The number of nitrogens with two attached hydrogens (primary N) is 1. The molecule has 1 saturated carbocycles. The minimum Gasteiger partial charge on any atom is -0.396 e. The monoisotopic (exact) mass is 555 g/mol. The van der Waals surface area contributed by atoms with Gasteiger partial charge in [0, 0.05) is 65.4 Å². The predicted molar refractivity (Wildman–Crippen MR) is 143 cm³/mol. The number of hydrogen-bond acceptors (Lipinski definition) is 10. The first-order valence-corrected chi connectivity index (χ1v) is 17.1. The highest BCUT2D eigenvalue weighted by molar-refractivity contribution is 6.64. The molecule has 36 heavy (non-hydrogen) atoms. The van der Waals surface area contributed by atoms with E-state index in [1.807, 2.05) is 20.8 Å². The van der Waals surface area contributed by atoms with Gasteiger partial charge in [-0.15, -0.1) is 0 Å². The van der Waals surface area contributed by atoms with Crippen molar-refractivity contribution in [2.24, 2.45) is 11.7 Å². The molecule has 3 unspecified atom stereocenters. The van der Waals surface area contributed by atoms with Gasteiger partial charge in [0.25, 0.3) is 0 Å². The summed E-state index contributed by atoms with van der Waals surface area (Å²) in [6.07, 6.45) is 7.52. The Bertz CT molecular complexity index is 505. The molecule has 0 aromatic rings. The molecule has 0 radical (unpaired) electrons. The number of rotatable bonds is 19. The van der Waals surface area contributed by atoms with Crippen LogP contribution in [-0.2, 0) is 31.3 Å². The number of ether oxygens (including phenoxy) is 1. The molecule has 0 spiro atoms. The molecule has 4 N–H and O–H groups in total. The Labute approximate surface area is 220 Å². The van der Waals surface area contributed by atoms with Gasteiger partial charge >= 0.3 is 17.6 Å². The van der Waals surface area contributed by atoms with Crippen LogP contribution >= 0.6 is 0 Å². The molecule has 3 atom stereocenters. The Hall–Kier alpha value is 0.0338. The number of hydrogen-bond donors (Lipinski definition) is 3. The highest BCUT2D eigenvalue weighted by Gasteiger charge is 2.59. The first kappa shape index (κ1) is 34.1. The molecule has 10 nitrogen and oxygen atoms in total. The molecular weight excluding hydrogens is 502 g/mol. The fraction of sp³-hybridized carbons (Fsp3) is 1.00. The van der Waals surface area contributed by atoms with Crippen LogP contribution in [0.1, 0.15) is 65.7 Å². The van der Waals surface area contributed by atoms with Crippen LogP contribution in [0.4, 0.5) is 0 Å². The molecule has 1 heterocycles. The minimum absolute atomic E-state index is 0.0119. The van der Waals surface area contributed by atoms with Crippen LogP contribution in [0, 0.1) is 5.92 Å². The van der Waals surface area contributed by atoms with Crippen molar-refractivity contribution < 1.29 is 41.5 Å². The van der Waals surface area contributed by atoms with E-state index < -0.39 is 22.6 Å². The van der Waals surface area contributed by atoms with Gasteiger partial charge in [-0.2, -0.15) is 0 Å².